The zero-order valence-electron chi connectivity index (χ0n) is 19.8. The maximum Gasteiger partial charge on any atom is 0.300 e. The smallest absolute Gasteiger partial charge is 0.300 e. The van der Waals surface area contributed by atoms with E-state index in [2.05, 4.69) is 33.6 Å². The van der Waals surface area contributed by atoms with Gasteiger partial charge in [0.25, 0.3) is 5.24 Å². The summed E-state index contributed by atoms with van der Waals surface area (Å²) in [5, 5.41) is 4.26. The van der Waals surface area contributed by atoms with Crippen LogP contribution in [0, 0.1) is 0 Å². The highest BCUT2D eigenvalue weighted by molar-refractivity contribution is 8.15. The van der Waals surface area contributed by atoms with E-state index in [0.29, 0.717) is 6.54 Å². The van der Waals surface area contributed by atoms with Crippen LogP contribution >= 0.6 is 11.8 Å². The number of amides is 1. The third-order valence-corrected chi connectivity index (χ3v) is 6.84. The predicted molar refractivity (Wildman–Crippen MR) is 135 cm³/mol. The minimum Gasteiger partial charge on any atom is -0.497 e. The van der Waals surface area contributed by atoms with E-state index >= 15 is 0 Å². The number of anilines is 1. The number of thioether (sulfide) groups is 1. The number of aliphatic imine (C=N–C) groups is 1. The van der Waals surface area contributed by atoms with Gasteiger partial charge in [0.2, 0.25) is 0 Å². The molecule has 1 N–H and O–H groups in total. The van der Waals surface area contributed by atoms with Crippen molar-refractivity contribution >= 4 is 34.2 Å². The minimum atomic E-state index is -0.393. The van der Waals surface area contributed by atoms with E-state index in [1.807, 2.05) is 39.0 Å². The normalized spacial score (nSPS) is 17.7. The summed E-state index contributed by atoms with van der Waals surface area (Å²) >= 11 is 1.27. The number of hydrogen-bond acceptors (Lipinski definition) is 6. The number of hydrazone groups is 1. The van der Waals surface area contributed by atoms with Crippen LogP contribution in [0.2, 0.25) is 0 Å². The molecule has 0 spiro atoms. The van der Waals surface area contributed by atoms with Crippen LogP contribution in [-0.2, 0) is 6.42 Å². The molecule has 0 aliphatic carbocycles. The van der Waals surface area contributed by atoms with Gasteiger partial charge in [0.05, 0.1) is 30.2 Å². The fourth-order valence-corrected chi connectivity index (χ4v) is 5.18. The van der Waals surface area contributed by atoms with E-state index in [0.717, 1.165) is 59.2 Å². The fraction of sp³-hybridized carbons (Fsp3) is 0.400. The molecule has 7 nitrogen and oxygen atoms in total. The van der Waals surface area contributed by atoms with Crippen LogP contribution in [0.1, 0.15) is 43.9 Å². The Morgan fingerprint density at radius 2 is 2.03 bits per heavy atom. The molecule has 2 aliphatic rings. The molecule has 0 fully saturated rings. The van der Waals surface area contributed by atoms with Crippen LogP contribution in [-0.4, -0.2) is 48.8 Å². The van der Waals surface area contributed by atoms with E-state index in [1.165, 1.54) is 17.3 Å². The van der Waals surface area contributed by atoms with Gasteiger partial charge in [-0.05, 0) is 69.0 Å². The van der Waals surface area contributed by atoms with Gasteiger partial charge in [-0.2, -0.15) is 5.10 Å². The number of benzene rings is 2. The number of carbonyl (C=O) groups is 1. The second kappa shape index (κ2) is 9.47. The Kier molecular flexibility index (Phi) is 6.65. The summed E-state index contributed by atoms with van der Waals surface area (Å²) in [5.41, 5.74) is 7.85. The molecule has 8 heteroatoms. The SMILES string of the molecule is CC/N=C(/c1ccc(OC)cc1OC)N1CCCc2cc(C3=NNC(=O)SC3(C)C)ccc21. The zero-order chi connectivity index (χ0) is 23.6. The molecular weight excluding hydrogens is 436 g/mol. The summed E-state index contributed by atoms with van der Waals surface area (Å²) in [6.07, 6.45) is 1.99. The van der Waals surface area contributed by atoms with Crippen molar-refractivity contribution in [2.75, 3.05) is 32.2 Å². The number of methoxy groups -OCH3 is 2. The highest BCUT2D eigenvalue weighted by Crippen LogP contribution is 2.36. The van der Waals surface area contributed by atoms with Gasteiger partial charge in [0.15, 0.2) is 0 Å². The Morgan fingerprint density at radius 3 is 2.73 bits per heavy atom. The fourth-order valence-electron chi connectivity index (χ4n) is 4.36. The number of amidine groups is 1. The van der Waals surface area contributed by atoms with Gasteiger partial charge in [-0.1, -0.05) is 17.8 Å². The lowest BCUT2D eigenvalue weighted by Crippen LogP contribution is -2.39. The highest BCUT2D eigenvalue weighted by atomic mass is 32.2. The van der Waals surface area contributed by atoms with Crippen molar-refractivity contribution in [1.82, 2.24) is 5.43 Å². The van der Waals surface area contributed by atoms with Crippen molar-refractivity contribution in [3.8, 4) is 11.5 Å². The monoisotopic (exact) mass is 466 g/mol. The topological polar surface area (TPSA) is 75.5 Å². The van der Waals surface area contributed by atoms with Gasteiger partial charge < -0.3 is 14.4 Å². The Balaban J connectivity index is 1.75. The van der Waals surface area contributed by atoms with Crippen molar-refractivity contribution < 1.29 is 14.3 Å². The van der Waals surface area contributed by atoms with Crippen molar-refractivity contribution in [3.05, 3.63) is 53.1 Å². The number of nitrogens with one attached hydrogen (secondary N) is 1. The first-order valence-electron chi connectivity index (χ1n) is 11.1. The summed E-state index contributed by atoms with van der Waals surface area (Å²) in [6.45, 7) is 7.64. The number of rotatable bonds is 5. The van der Waals surface area contributed by atoms with Crippen molar-refractivity contribution in [1.29, 1.82) is 0 Å². The average molecular weight is 467 g/mol. The Morgan fingerprint density at radius 1 is 1.21 bits per heavy atom. The number of carbonyl (C=O) groups excluding carboxylic acids is 1. The lowest BCUT2D eigenvalue weighted by atomic mass is 9.93. The Bertz CT molecular complexity index is 1130. The van der Waals surface area contributed by atoms with E-state index in [1.54, 1.807) is 14.2 Å². The molecule has 174 valence electrons. The molecule has 0 radical (unpaired) electrons. The van der Waals surface area contributed by atoms with Gasteiger partial charge in [-0.3, -0.25) is 9.79 Å². The summed E-state index contributed by atoms with van der Waals surface area (Å²) in [5.74, 6) is 2.37. The second-order valence-corrected chi connectivity index (χ2v) is 10.0. The molecule has 4 rings (SSSR count). The lowest BCUT2D eigenvalue weighted by molar-refractivity contribution is 0.260. The first-order valence-corrected chi connectivity index (χ1v) is 11.9. The maximum atomic E-state index is 11.8. The first-order chi connectivity index (χ1) is 15.9. The van der Waals surface area contributed by atoms with Crippen LogP contribution in [0.3, 0.4) is 0 Å². The second-order valence-electron chi connectivity index (χ2n) is 8.43. The molecule has 2 aromatic carbocycles. The molecule has 2 aliphatic heterocycles. The number of aryl methyl sites for hydroxylation is 1. The highest BCUT2D eigenvalue weighted by Gasteiger charge is 2.35. The molecule has 0 saturated carbocycles. The average Bonchev–Trinajstić information content (AvgIpc) is 2.81. The van der Waals surface area contributed by atoms with Gasteiger partial charge in [-0.25, -0.2) is 5.43 Å². The van der Waals surface area contributed by atoms with Crippen LogP contribution in [0.15, 0.2) is 46.5 Å². The lowest BCUT2D eigenvalue weighted by Gasteiger charge is -2.34. The van der Waals surface area contributed by atoms with Crippen molar-refractivity contribution in [2.45, 2.75) is 38.4 Å². The van der Waals surface area contributed by atoms with Gasteiger partial charge in [-0.15, -0.1) is 0 Å². The molecule has 0 atom stereocenters. The van der Waals surface area contributed by atoms with Crippen LogP contribution in [0.4, 0.5) is 10.5 Å². The Hall–Kier alpha value is -3.00. The first kappa shape index (κ1) is 23.2. The number of fused-ring (bicyclic) bond motifs is 1. The molecule has 0 unspecified atom stereocenters. The predicted octanol–water partition coefficient (Wildman–Crippen LogP) is 4.86. The molecule has 0 bridgehead atoms. The zero-order valence-corrected chi connectivity index (χ0v) is 20.6. The van der Waals surface area contributed by atoms with Crippen molar-refractivity contribution in [3.63, 3.8) is 0 Å². The van der Waals surface area contributed by atoms with Gasteiger partial charge in [0.1, 0.15) is 17.3 Å². The Labute approximate surface area is 199 Å². The molecule has 0 saturated heterocycles. The molecular formula is C25H30N4O3S. The molecule has 33 heavy (non-hydrogen) atoms. The van der Waals surface area contributed by atoms with E-state index in [9.17, 15) is 4.79 Å². The summed E-state index contributed by atoms with van der Waals surface area (Å²) in [4.78, 5) is 19.0. The molecule has 2 heterocycles. The quantitative estimate of drug-likeness (QED) is 0.503. The standard InChI is InChI=1S/C25H30N4O3S/c1-6-26-23(19-11-10-18(31-4)15-21(19)32-5)29-13-7-8-16-14-17(9-12-20(16)29)22-25(2,3)33-24(30)28-27-22/h9-12,14-15H,6-8,13H2,1-5H3,(H,28,30)/b26-23-. The van der Waals surface area contributed by atoms with Crippen LogP contribution in [0.5, 0.6) is 11.5 Å². The van der Waals surface area contributed by atoms with Gasteiger partial charge in [0, 0.05) is 24.8 Å². The number of hydrogen-bond donors (Lipinski definition) is 1. The van der Waals surface area contributed by atoms with Crippen molar-refractivity contribution in [2.24, 2.45) is 10.1 Å². The van der Waals surface area contributed by atoms with Crippen LogP contribution in [0.25, 0.3) is 0 Å². The largest absolute Gasteiger partial charge is 0.497 e. The summed E-state index contributed by atoms with van der Waals surface area (Å²) in [7, 11) is 3.32. The van der Waals surface area contributed by atoms with Gasteiger partial charge >= 0.3 is 0 Å². The minimum absolute atomic E-state index is 0.123. The van der Waals surface area contributed by atoms with E-state index < -0.39 is 4.75 Å². The third-order valence-electron chi connectivity index (χ3n) is 5.86. The maximum absolute atomic E-state index is 11.8. The number of nitrogens with zero attached hydrogens (tertiary/aromatic N) is 3. The molecule has 0 aromatic heterocycles. The van der Waals surface area contributed by atoms with E-state index in [-0.39, 0.29) is 5.24 Å². The number of ether oxygens (including phenoxy) is 2. The van der Waals surface area contributed by atoms with Crippen LogP contribution < -0.4 is 19.8 Å². The molecule has 1 amide bonds. The third kappa shape index (κ3) is 4.57. The summed E-state index contributed by atoms with van der Waals surface area (Å²) in [6, 6.07) is 12.3. The molecule has 2 aromatic rings. The summed E-state index contributed by atoms with van der Waals surface area (Å²) < 4.78 is 10.7. The van der Waals surface area contributed by atoms with E-state index in [4.69, 9.17) is 14.5 Å².